The molecule has 0 saturated carbocycles. The Morgan fingerprint density at radius 3 is 3.20 bits per heavy atom. The standard InChI is InChI=1S/C10H17N3OS/c1-13-4-5-14-8(7-13)10(12-11)9-3-2-6-15-9/h2-3,6,8,10,12H,4-5,7,11H2,1H3. The van der Waals surface area contributed by atoms with Gasteiger partial charge in [0.15, 0.2) is 0 Å². The molecule has 0 spiro atoms. The van der Waals surface area contributed by atoms with Gasteiger partial charge in [0.1, 0.15) is 0 Å². The number of ether oxygens (including phenoxy) is 1. The molecule has 0 aliphatic carbocycles. The van der Waals surface area contributed by atoms with Crippen LogP contribution >= 0.6 is 11.3 Å². The Kier molecular flexibility index (Phi) is 3.71. The minimum Gasteiger partial charge on any atom is -0.373 e. The maximum absolute atomic E-state index is 5.75. The summed E-state index contributed by atoms with van der Waals surface area (Å²) in [6.45, 7) is 2.70. The molecule has 1 aromatic heterocycles. The molecule has 0 aromatic carbocycles. The minimum atomic E-state index is 0.104. The van der Waals surface area contributed by atoms with Crippen LogP contribution in [-0.2, 0) is 4.74 Å². The second kappa shape index (κ2) is 5.05. The fourth-order valence-corrected chi connectivity index (χ4v) is 2.69. The molecule has 0 bridgehead atoms. The first-order chi connectivity index (χ1) is 7.31. The average Bonchev–Trinajstić information content (AvgIpc) is 2.72. The normalized spacial score (nSPS) is 25.3. The van der Waals surface area contributed by atoms with E-state index in [1.54, 1.807) is 11.3 Å². The number of hydrogen-bond acceptors (Lipinski definition) is 5. The molecule has 1 aliphatic heterocycles. The van der Waals surface area contributed by atoms with E-state index >= 15 is 0 Å². The van der Waals surface area contributed by atoms with E-state index in [1.165, 1.54) is 4.88 Å². The molecule has 1 aliphatic rings. The third-order valence-electron chi connectivity index (χ3n) is 2.70. The first kappa shape index (κ1) is 11.0. The van der Waals surface area contributed by atoms with Gasteiger partial charge < -0.3 is 9.64 Å². The van der Waals surface area contributed by atoms with Crippen molar-refractivity contribution in [3.05, 3.63) is 22.4 Å². The molecule has 1 fully saturated rings. The number of hydrogen-bond donors (Lipinski definition) is 2. The SMILES string of the molecule is CN1CCOC(C(NN)c2cccs2)C1. The number of nitrogens with zero attached hydrogens (tertiary/aromatic N) is 1. The molecule has 2 unspecified atom stereocenters. The second-order valence-electron chi connectivity index (χ2n) is 3.83. The van der Waals surface area contributed by atoms with Crippen molar-refractivity contribution in [2.75, 3.05) is 26.7 Å². The number of morpholine rings is 1. The van der Waals surface area contributed by atoms with Crippen LogP contribution in [-0.4, -0.2) is 37.7 Å². The largest absolute Gasteiger partial charge is 0.373 e. The highest BCUT2D eigenvalue weighted by molar-refractivity contribution is 7.10. The van der Waals surface area contributed by atoms with Crippen LogP contribution in [0.5, 0.6) is 0 Å². The lowest BCUT2D eigenvalue weighted by Crippen LogP contribution is -2.48. The molecule has 4 nitrogen and oxygen atoms in total. The summed E-state index contributed by atoms with van der Waals surface area (Å²) in [5, 5.41) is 2.06. The lowest BCUT2D eigenvalue weighted by molar-refractivity contribution is -0.0387. The van der Waals surface area contributed by atoms with Gasteiger partial charge in [0.05, 0.1) is 18.8 Å². The van der Waals surface area contributed by atoms with Crippen molar-refractivity contribution >= 4 is 11.3 Å². The summed E-state index contributed by atoms with van der Waals surface area (Å²) in [6.07, 6.45) is 0.146. The van der Waals surface area contributed by atoms with Crippen molar-refractivity contribution < 1.29 is 4.74 Å². The first-order valence-electron chi connectivity index (χ1n) is 5.11. The van der Waals surface area contributed by atoms with Crippen molar-refractivity contribution in [1.82, 2.24) is 10.3 Å². The van der Waals surface area contributed by atoms with Crippen molar-refractivity contribution in [2.24, 2.45) is 5.84 Å². The number of rotatable bonds is 3. The predicted molar refractivity (Wildman–Crippen MR) is 61.6 cm³/mol. The maximum atomic E-state index is 5.75. The highest BCUT2D eigenvalue weighted by atomic mass is 32.1. The van der Waals surface area contributed by atoms with Crippen molar-refractivity contribution in [2.45, 2.75) is 12.1 Å². The van der Waals surface area contributed by atoms with Crippen molar-refractivity contribution in [3.8, 4) is 0 Å². The number of hydrazine groups is 1. The summed E-state index contributed by atoms with van der Waals surface area (Å²) in [5.74, 6) is 5.60. The predicted octanol–water partition coefficient (Wildman–Crippen LogP) is 0.583. The molecule has 3 N–H and O–H groups in total. The Labute approximate surface area is 94.0 Å². The quantitative estimate of drug-likeness (QED) is 0.586. The van der Waals surface area contributed by atoms with Crippen LogP contribution in [0.1, 0.15) is 10.9 Å². The number of nitrogens with two attached hydrogens (primary N) is 1. The highest BCUT2D eigenvalue weighted by Crippen LogP contribution is 2.24. The maximum Gasteiger partial charge on any atom is 0.0917 e. The van der Waals surface area contributed by atoms with Crippen LogP contribution in [0.15, 0.2) is 17.5 Å². The molecule has 5 heteroatoms. The lowest BCUT2D eigenvalue weighted by Gasteiger charge is -2.34. The molecule has 2 heterocycles. The van der Waals surface area contributed by atoms with Gasteiger partial charge in [-0.2, -0.15) is 0 Å². The van der Waals surface area contributed by atoms with Gasteiger partial charge in [-0.3, -0.25) is 5.84 Å². The monoisotopic (exact) mass is 227 g/mol. The average molecular weight is 227 g/mol. The first-order valence-corrected chi connectivity index (χ1v) is 5.99. The van der Waals surface area contributed by atoms with Gasteiger partial charge in [0.25, 0.3) is 0 Å². The Hall–Kier alpha value is -0.460. The van der Waals surface area contributed by atoms with E-state index in [9.17, 15) is 0 Å². The van der Waals surface area contributed by atoms with Gasteiger partial charge in [-0.25, -0.2) is 5.43 Å². The molecule has 2 rings (SSSR count). The molecular formula is C10H17N3OS. The van der Waals surface area contributed by atoms with E-state index < -0.39 is 0 Å². The Balaban J connectivity index is 2.06. The van der Waals surface area contributed by atoms with Crippen LogP contribution in [0.2, 0.25) is 0 Å². The van der Waals surface area contributed by atoms with E-state index in [1.807, 2.05) is 6.07 Å². The second-order valence-corrected chi connectivity index (χ2v) is 4.81. The van der Waals surface area contributed by atoms with Gasteiger partial charge in [-0.05, 0) is 18.5 Å². The summed E-state index contributed by atoms with van der Waals surface area (Å²) in [7, 11) is 2.11. The zero-order chi connectivity index (χ0) is 10.7. The van der Waals surface area contributed by atoms with Crippen LogP contribution in [0.25, 0.3) is 0 Å². The Bertz CT molecular complexity index is 291. The van der Waals surface area contributed by atoms with Gasteiger partial charge >= 0.3 is 0 Å². The lowest BCUT2D eigenvalue weighted by atomic mass is 10.1. The Morgan fingerprint density at radius 1 is 1.73 bits per heavy atom. The molecule has 1 saturated heterocycles. The van der Waals surface area contributed by atoms with E-state index in [4.69, 9.17) is 10.6 Å². The molecule has 2 atom stereocenters. The van der Waals surface area contributed by atoms with Crippen LogP contribution in [0, 0.1) is 0 Å². The fourth-order valence-electron chi connectivity index (χ4n) is 1.85. The van der Waals surface area contributed by atoms with Crippen LogP contribution in [0.4, 0.5) is 0 Å². The number of likely N-dealkylation sites (N-methyl/N-ethyl adjacent to an activating group) is 1. The molecule has 0 amide bonds. The smallest absolute Gasteiger partial charge is 0.0917 e. The summed E-state index contributed by atoms with van der Waals surface area (Å²) in [5.41, 5.74) is 2.85. The van der Waals surface area contributed by atoms with E-state index in [2.05, 4.69) is 28.8 Å². The minimum absolute atomic E-state index is 0.104. The molecule has 1 aromatic rings. The topological polar surface area (TPSA) is 50.5 Å². The summed E-state index contributed by atoms with van der Waals surface area (Å²) in [6, 6.07) is 4.23. The molecular weight excluding hydrogens is 210 g/mol. The van der Waals surface area contributed by atoms with Gasteiger partial charge in [0, 0.05) is 18.0 Å². The zero-order valence-corrected chi connectivity index (χ0v) is 9.67. The zero-order valence-electron chi connectivity index (χ0n) is 8.85. The van der Waals surface area contributed by atoms with Crippen LogP contribution < -0.4 is 11.3 Å². The number of nitrogens with one attached hydrogen (secondary N) is 1. The summed E-state index contributed by atoms with van der Waals surface area (Å²) < 4.78 is 5.75. The third kappa shape index (κ3) is 2.56. The van der Waals surface area contributed by atoms with Crippen molar-refractivity contribution in [3.63, 3.8) is 0 Å². The molecule has 15 heavy (non-hydrogen) atoms. The van der Waals surface area contributed by atoms with E-state index in [0.29, 0.717) is 0 Å². The summed E-state index contributed by atoms with van der Waals surface area (Å²) >= 11 is 1.71. The van der Waals surface area contributed by atoms with Gasteiger partial charge in [-0.1, -0.05) is 6.07 Å². The Morgan fingerprint density at radius 2 is 2.60 bits per heavy atom. The van der Waals surface area contributed by atoms with Crippen molar-refractivity contribution in [1.29, 1.82) is 0 Å². The third-order valence-corrected chi connectivity index (χ3v) is 3.65. The fraction of sp³-hybridized carbons (Fsp3) is 0.600. The highest BCUT2D eigenvalue weighted by Gasteiger charge is 2.27. The molecule has 0 radical (unpaired) electrons. The van der Waals surface area contributed by atoms with Crippen LogP contribution in [0.3, 0.4) is 0 Å². The van der Waals surface area contributed by atoms with Gasteiger partial charge in [-0.15, -0.1) is 11.3 Å². The van der Waals surface area contributed by atoms with Gasteiger partial charge in [0.2, 0.25) is 0 Å². The van der Waals surface area contributed by atoms with E-state index in [-0.39, 0.29) is 12.1 Å². The molecule has 84 valence electrons. The van der Waals surface area contributed by atoms with E-state index in [0.717, 1.165) is 19.7 Å². The number of thiophene rings is 1. The summed E-state index contributed by atoms with van der Waals surface area (Å²) in [4.78, 5) is 3.50.